The van der Waals surface area contributed by atoms with Gasteiger partial charge in [0.15, 0.2) is 5.82 Å². The van der Waals surface area contributed by atoms with Crippen molar-refractivity contribution in [2.24, 2.45) is 0 Å². The molecule has 2 rings (SSSR count). The zero-order valence-corrected chi connectivity index (χ0v) is 13.7. The Morgan fingerprint density at radius 2 is 2.04 bits per heavy atom. The Morgan fingerprint density at radius 1 is 1.38 bits per heavy atom. The predicted octanol–water partition coefficient (Wildman–Crippen LogP) is 1.63. The van der Waals surface area contributed by atoms with E-state index in [4.69, 9.17) is 4.74 Å². The zero-order chi connectivity index (χ0) is 17.7. The van der Waals surface area contributed by atoms with Crippen LogP contribution >= 0.6 is 0 Å². The molecule has 0 spiro atoms. The third-order valence-electron chi connectivity index (χ3n) is 4.02. The van der Waals surface area contributed by atoms with E-state index < -0.39 is 12.2 Å². The number of ether oxygens (including phenoxy) is 1. The van der Waals surface area contributed by atoms with Gasteiger partial charge in [0.1, 0.15) is 6.04 Å². The van der Waals surface area contributed by atoms with Crippen LogP contribution in [-0.4, -0.2) is 77.7 Å². The van der Waals surface area contributed by atoms with Crippen molar-refractivity contribution in [2.45, 2.75) is 25.7 Å². The number of alkyl halides is 3. The number of carbonyl (C=O) groups is 1. The first kappa shape index (κ1) is 18.5. The van der Waals surface area contributed by atoms with E-state index in [1.807, 2.05) is 0 Å². The molecule has 24 heavy (non-hydrogen) atoms. The van der Waals surface area contributed by atoms with Crippen LogP contribution in [-0.2, 0) is 11.3 Å². The molecule has 136 valence electrons. The van der Waals surface area contributed by atoms with E-state index >= 15 is 0 Å². The van der Waals surface area contributed by atoms with E-state index in [-0.39, 0.29) is 32.2 Å². The molecule has 1 unspecified atom stereocenters. The van der Waals surface area contributed by atoms with Gasteiger partial charge in [-0.3, -0.25) is 14.9 Å². The average Bonchev–Trinajstić information content (AvgIpc) is 2.98. The summed E-state index contributed by atoms with van der Waals surface area (Å²) in [5, 5.41) is 6.83. The van der Waals surface area contributed by atoms with Crippen LogP contribution in [0.3, 0.4) is 0 Å². The number of nitrogens with one attached hydrogen (secondary N) is 1. The second kappa shape index (κ2) is 7.84. The van der Waals surface area contributed by atoms with Crippen LogP contribution in [0.2, 0.25) is 0 Å². The number of carbonyl (C=O) groups excluding carboxylic acids is 1. The van der Waals surface area contributed by atoms with Gasteiger partial charge >= 0.3 is 12.2 Å². The highest BCUT2D eigenvalue weighted by atomic mass is 19.4. The molecule has 0 saturated carbocycles. The number of nitrogens with zero attached hydrogens (tertiary/aromatic N) is 4. The van der Waals surface area contributed by atoms with Crippen molar-refractivity contribution in [3.63, 3.8) is 0 Å². The molecule has 1 aromatic rings. The van der Waals surface area contributed by atoms with Crippen LogP contribution in [0.25, 0.3) is 0 Å². The molecule has 2 amide bonds. The third kappa shape index (κ3) is 4.84. The summed E-state index contributed by atoms with van der Waals surface area (Å²) >= 11 is 0. The van der Waals surface area contributed by atoms with E-state index in [0.29, 0.717) is 19.0 Å². The quantitative estimate of drug-likeness (QED) is 0.878. The largest absolute Gasteiger partial charge is 0.403 e. The number of anilines is 1. The topological polar surface area (TPSA) is 62.6 Å². The summed E-state index contributed by atoms with van der Waals surface area (Å²) in [5.74, 6) is 0.405. The minimum Gasteiger partial charge on any atom is -0.383 e. The molecular formula is C14H22F3N5O2. The fourth-order valence-corrected chi connectivity index (χ4v) is 2.45. The van der Waals surface area contributed by atoms with E-state index in [1.54, 1.807) is 24.1 Å². The van der Waals surface area contributed by atoms with Gasteiger partial charge in [-0.2, -0.15) is 18.3 Å². The van der Waals surface area contributed by atoms with Gasteiger partial charge in [-0.25, -0.2) is 4.79 Å². The Bertz CT molecular complexity index is 541. The lowest BCUT2D eigenvalue weighted by Gasteiger charge is -2.38. The van der Waals surface area contributed by atoms with Crippen LogP contribution in [0.1, 0.15) is 6.92 Å². The molecule has 1 N–H and O–H groups in total. The summed E-state index contributed by atoms with van der Waals surface area (Å²) < 4.78 is 44.7. The first-order valence-corrected chi connectivity index (χ1v) is 7.70. The Morgan fingerprint density at radius 3 is 2.62 bits per heavy atom. The molecule has 7 nitrogen and oxygen atoms in total. The summed E-state index contributed by atoms with van der Waals surface area (Å²) in [7, 11) is 1.59. The molecule has 1 atom stereocenters. The highest BCUT2D eigenvalue weighted by Gasteiger charge is 2.41. The maximum atomic E-state index is 12.7. The standard InChI is InChI=1S/C14H22F3N5O2/c1-11(14(15,16)17)20-5-7-21(8-6-20)13(23)18-12-3-4-22(19-12)9-10-24-2/h3-4,11H,5-10H2,1-2H3,(H,18,19,23). The van der Waals surface area contributed by atoms with Gasteiger partial charge in [0, 0.05) is 45.6 Å². The molecule has 1 aliphatic rings. The smallest absolute Gasteiger partial charge is 0.383 e. The van der Waals surface area contributed by atoms with Crippen LogP contribution in [0.5, 0.6) is 0 Å². The van der Waals surface area contributed by atoms with Crippen molar-refractivity contribution in [1.82, 2.24) is 19.6 Å². The summed E-state index contributed by atoms with van der Waals surface area (Å²) in [6.45, 7) is 3.09. The van der Waals surface area contributed by atoms with Crippen LogP contribution < -0.4 is 5.32 Å². The lowest BCUT2D eigenvalue weighted by atomic mass is 10.2. The summed E-state index contributed by atoms with van der Waals surface area (Å²) in [6, 6.07) is -0.194. The fraction of sp³-hybridized carbons (Fsp3) is 0.714. The van der Waals surface area contributed by atoms with E-state index in [1.165, 1.54) is 9.80 Å². The molecule has 1 saturated heterocycles. The summed E-state index contributed by atoms with van der Waals surface area (Å²) in [5.41, 5.74) is 0. The zero-order valence-electron chi connectivity index (χ0n) is 13.7. The van der Waals surface area contributed by atoms with Gasteiger partial charge in [0.25, 0.3) is 0 Å². The molecule has 1 aromatic heterocycles. The van der Waals surface area contributed by atoms with Gasteiger partial charge < -0.3 is 9.64 Å². The molecule has 2 heterocycles. The fourth-order valence-electron chi connectivity index (χ4n) is 2.45. The van der Waals surface area contributed by atoms with Crippen LogP contribution in [0.15, 0.2) is 12.3 Å². The van der Waals surface area contributed by atoms with Gasteiger partial charge in [-0.1, -0.05) is 0 Å². The number of urea groups is 1. The second-order valence-electron chi connectivity index (χ2n) is 5.63. The number of amides is 2. The van der Waals surface area contributed by atoms with Gasteiger partial charge in [0.2, 0.25) is 0 Å². The Hall–Kier alpha value is -1.81. The number of aromatic nitrogens is 2. The first-order valence-electron chi connectivity index (χ1n) is 7.70. The minimum atomic E-state index is -4.25. The summed E-state index contributed by atoms with van der Waals surface area (Å²) in [4.78, 5) is 15.0. The van der Waals surface area contributed by atoms with E-state index in [9.17, 15) is 18.0 Å². The highest BCUT2D eigenvalue weighted by molar-refractivity contribution is 5.88. The third-order valence-corrected chi connectivity index (χ3v) is 4.02. The number of hydrogen-bond acceptors (Lipinski definition) is 4. The average molecular weight is 349 g/mol. The Labute approximate surface area is 138 Å². The van der Waals surface area contributed by atoms with Gasteiger partial charge in [0.05, 0.1) is 13.2 Å². The minimum absolute atomic E-state index is 0.191. The van der Waals surface area contributed by atoms with Crippen molar-refractivity contribution in [2.75, 3.05) is 45.2 Å². The SMILES string of the molecule is COCCn1ccc(NC(=O)N2CCN(C(C)C(F)(F)F)CC2)n1. The molecule has 0 radical (unpaired) electrons. The van der Waals surface area contributed by atoms with Crippen molar-refractivity contribution < 1.29 is 22.7 Å². The lowest BCUT2D eigenvalue weighted by molar-refractivity contribution is -0.181. The molecule has 1 fully saturated rings. The Balaban J connectivity index is 1.81. The molecule has 10 heteroatoms. The van der Waals surface area contributed by atoms with Crippen molar-refractivity contribution in [3.8, 4) is 0 Å². The van der Waals surface area contributed by atoms with Crippen molar-refractivity contribution >= 4 is 11.8 Å². The number of piperazine rings is 1. The maximum Gasteiger partial charge on any atom is 0.403 e. The van der Waals surface area contributed by atoms with Crippen LogP contribution in [0.4, 0.5) is 23.8 Å². The van der Waals surface area contributed by atoms with Gasteiger partial charge in [-0.15, -0.1) is 0 Å². The maximum absolute atomic E-state index is 12.7. The summed E-state index contributed by atoms with van der Waals surface area (Å²) in [6.07, 6.45) is -2.53. The lowest BCUT2D eigenvalue weighted by Crippen LogP contribution is -2.55. The number of hydrogen-bond donors (Lipinski definition) is 1. The predicted molar refractivity (Wildman–Crippen MR) is 81.8 cm³/mol. The van der Waals surface area contributed by atoms with E-state index in [0.717, 1.165) is 6.92 Å². The normalized spacial score (nSPS) is 17.8. The molecular weight excluding hydrogens is 327 g/mol. The van der Waals surface area contributed by atoms with Crippen LogP contribution in [0, 0.1) is 0 Å². The molecule has 1 aliphatic heterocycles. The Kier molecular flexibility index (Phi) is 6.05. The van der Waals surface area contributed by atoms with Gasteiger partial charge in [-0.05, 0) is 6.92 Å². The monoisotopic (exact) mass is 349 g/mol. The molecule has 0 bridgehead atoms. The number of halogens is 3. The van der Waals surface area contributed by atoms with Crippen molar-refractivity contribution in [1.29, 1.82) is 0 Å². The first-order chi connectivity index (χ1) is 11.3. The van der Waals surface area contributed by atoms with Crippen molar-refractivity contribution in [3.05, 3.63) is 12.3 Å². The highest BCUT2D eigenvalue weighted by Crippen LogP contribution is 2.25. The number of methoxy groups -OCH3 is 1. The van der Waals surface area contributed by atoms with E-state index in [2.05, 4.69) is 10.4 Å². The molecule has 0 aromatic carbocycles. The number of rotatable bonds is 5. The molecule has 0 aliphatic carbocycles. The second-order valence-corrected chi connectivity index (χ2v) is 5.63.